The lowest BCUT2D eigenvalue weighted by Crippen LogP contribution is -2.24. The van der Waals surface area contributed by atoms with E-state index in [2.05, 4.69) is 21.5 Å². The van der Waals surface area contributed by atoms with Crippen LogP contribution >= 0.6 is 0 Å². The van der Waals surface area contributed by atoms with Crippen LogP contribution in [0.15, 0.2) is 48.8 Å². The van der Waals surface area contributed by atoms with Crippen molar-refractivity contribution in [3.63, 3.8) is 0 Å². The molecule has 0 radical (unpaired) electrons. The molecule has 0 spiro atoms. The maximum absolute atomic E-state index is 12.4. The van der Waals surface area contributed by atoms with Crippen LogP contribution in [-0.4, -0.2) is 27.2 Å². The van der Waals surface area contributed by atoms with Crippen molar-refractivity contribution in [3.05, 3.63) is 60.0 Å². The Morgan fingerprint density at radius 3 is 2.65 bits per heavy atom. The molecule has 1 amide bonds. The average molecular weight is 350 g/mol. The number of nitrogens with zero attached hydrogens (tertiary/aromatic N) is 3. The molecule has 2 heterocycles. The van der Waals surface area contributed by atoms with Crippen LogP contribution in [0.2, 0.25) is 0 Å². The van der Waals surface area contributed by atoms with Gasteiger partial charge < -0.3 is 5.32 Å². The second kappa shape index (κ2) is 9.13. The minimum absolute atomic E-state index is 0.0141. The fourth-order valence-electron chi connectivity index (χ4n) is 3.20. The first-order valence-corrected chi connectivity index (χ1v) is 9.34. The number of amides is 1. The van der Waals surface area contributed by atoms with Crippen LogP contribution in [0.25, 0.3) is 10.9 Å². The van der Waals surface area contributed by atoms with Crippen molar-refractivity contribution in [2.75, 3.05) is 6.54 Å². The lowest BCUT2D eigenvalue weighted by Gasteiger charge is -2.08. The number of pyridine rings is 1. The van der Waals surface area contributed by atoms with Crippen molar-refractivity contribution in [1.82, 2.24) is 20.1 Å². The van der Waals surface area contributed by atoms with E-state index in [1.54, 1.807) is 12.3 Å². The number of hydrogen-bond donors (Lipinski definition) is 1. The Kier molecular flexibility index (Phi) is 6.36. The predicted octanol–water partition coefficient (Wildman–Crippen LogP) is 3.89. The smallest absolute Gasteiger partial charge is 0.252 e. The van der Waals surface area contributed by atoms with Crippen LogP contribution in [0.1, 0.15) is 48.2 Å². The second-order valence-corrected chi connectivity index (χ2v) is 6.60. The van der Waals surface area contributed by atoms with Crippen LogP contribution in [-0.2, 0) is 13.5 Å². The molecule has 5 heteroatoms. The number of fused-ring (bicyclic) bond motifs is 1. The summed E-state index contributed by atoms with van der Waals surface area (Å²) >= 11 is 0. The number of benzene rings is 1. The van der Waals surface area contributed by atoms with E-state index >= 15 is 0 Å². The molecule has 1 N–H and O–H groups in total. The molecular formula is C21H26N4O. The highest BCUT2D eigenvalue weighted by atomic mass is 16.1. The lowest BCUT2D eigenvalue weighted by molar-refractivity contribution is 0.0954. The summed E-state index contributed by atoms with van der Waals surface area (Å²) < 4.78 is 1.94. The Morgan fingerprint density at radius 1 is 1.00 bits per heavy atom. The van der Waals surface area contributed by atoms with Gasteiger partial charge in [0.15, 0.2) is 0 Å². The first-order chi connectivity index (χ1) is 12.8. The topological polar surface area (TPSA) is 59.8 Å². The zero-order valence-corrected chi connectivity index (χ0v) is 15.3. The van der Waals surface area contributed by atoms with Gasteiger partial charge in [-0.25, -0.2) is 0 Å². The fourth-order valence-corrected chi connectivity index (χ4v) is 3.20. The van der Waals surface area contributed by atoms with E-state index in [1.165, 1.54) is 25.0 Å². The molecule has 0 unspecified atom stereocenters. The van der Waals surface area contributed by atoms with Gasteiger partial charge in [-0.3, -0.25) is 14.5 Å². The number of carbonyl (C=O) groups excluding carboxylic acids is 1. The van der Waals surface area contributed by atoms with Crippen molar-refractivity contribution in [1.29, 1.82) is 0 Å². The molecular weight excluding hydrogens is 324 g/mol. The number of hydrogen-bond acceptors (Lipinski definition) is 3. The number of rotatable bonds is 9. The van der Waals surface area contributed by atoms with Crippen LogP contribution in [0.5, 0.6) is 0 Å². The predicted molar refractivity (Wildman–Crippen MR) is 104 cm³/mol. The first-order valence-electron chi connectivity index (χ1n) is 9.34. The molecule has 0 saturated heterocycles. The SMILES string of the molecule is Cn1nccc1CCCCCCCNC(=O)c1ccnc2ccccc12. The van der Waals surface area contributed by atoms with Crippen LogP contribution in [0.3, 0.4) is 0 Å². The van der Waals surface area contributed by atoms with E-state index in [0.29, 0.717) is 5.56 Å². The van der Waals surface area contributed by atoms with Crippen LogP contribution < -0.4 is 5.32 Å². The number of aromatic nitrogens is 3. The first kappa shape index (κ1) is 18.1. The molecule has 136 valence electrons. The Balaban J connectivity index is 1.33. The summed E-state index contributed by atoms with van der Waals surface area (Å²) in [6.45, 7) is 0.719. The molecule has 0 saturated carbocycles. The minimum atomic E-state index is -0.0141. The molecule has 0 fully saturated rings. The van der Waals surface area contributed by atoms with Crippen molar-refractivity contribution < 1.29 is 4.79 Å². The standard InChI is InChI=1S/C21H26N4O/c1-25-17(12-16-24-25)9-5-3-2-4-8-14-23-21(26)19-13-15-22-20-11-7-6-10-18(19)20/h6-7,10-13,15-16H,2-5,8-9,14H2,1H3,(H,23,26). The molecule has 26 heavy (non-hydrogen) atoms. The van der Waals surface area contributed by atoms with E-state index in [1.807, 2.05) is 42.2 Å². The third-order valence-corrected chi connectivity index (χ3v) is 4.71. The largest absolute Gasteiger partial charge is 0.352 e. The van der Waals surface area contributed by atoms with Gasteiger partial charge in [0, 0.05) is 37.1 Å². The van der Waals surface area contributed by atoms with Gasteiger partial charge in [0.25, 0.3) is 5.91 Å². The third-order valence-electron chi connectivity index (χ3n) is 4.71. The Hall–Kier alpha value is -2.69. The molecule has 0 aliphatic heterocycles. The normalized spacial score (nSPS) is 11.0. The monoisotopic (exact) mass is 350 g/mol. The highest BCUT2D eigenvalue weighted by Crippen LogP contribution is 2.16. The summed E-state index contributed by atoms with van der Waals surface area (Å²) in [7, 11) is 1.99. The maximum Gasteiger partial charge on any atom is 0.252 e. The van der Waals surface area contributed by atoms with Crippen molar-refractivity contribution >= 4 is 16.8 Å². The molecule has 2 aromatic heterocycles. The number of unbranched alkanes of at least 4 members (excludes halogenated alkanes) is 4. The van der Waals surface area contributed by atoms with Crippen molar-refractivity contribution in [2.45, 2.75) is 38.5 Å². The number of para-hydroxylation sites is 1. The third kappa shape index (κ3) is 4.69. The van der Waals surface area contributed by atoms with E-state index in [0.717, 1.165) is 36.7 Å². The molecule has 3 rings (SSSR count). The van der Waals surface area contributed by atoms with Gasteiger partial charge in [-0.2, -0.15) is 5.10 Å². The van der Waals surface area contributed by atoms with E-state index in [9.17, 15) is 4.79 Å². The zero-order valence-electron chi connectivity index (χ0n) is 15.3. The summed E-state index contributed by atoms with van der Waals surface area (Å²) in [6.07, 6.45) is 10.4. The van der Waals surface area contributed by atoms with Crippen LogP contribution in [0, 0.1) is 0 Å². The average Bonchev–Trinajstić information content (AvgIpc) is 3.08. The van der Waals surface area contributed by atoms with E-state index in [-0.39, 0.29) is 5.91 Å². The number of nitrogens with one attached hydrogen (secondary N) is 1. The zero-order chi connectivity index (χ0) is 18.2. The number of aryl methyl sites for hydroxylation is 2. The summed E-state index contributed by atoms with van der Waals surface area (Å²) in [5.41, 5.74) is 2.85. The van der Waals surface area contributed by atoms with E-state index in [4.69, 9.17) is 0 Å². The Labute approximate surface area is 154 Å². The van der Waals surface area contributed by atoms with Gasteiger partial charge >= 0.3 is 0 Å². The van der Waals surface area contributed by atoms with Gasteiger partial charge in [-0.1, -0.05) is 37.5 Å². The molecule has 0 atom stereocenters. The molecule has 1 aromatic carbocycles. The lowest BCUT2D eigenvalue weighted by atomic mass is 10.1. The molecule has 5 nitrogen and oxygen atoms in total. The Morgan fingerprint density at radius 2 is 1.81 bits per heavy atom. The highest BCUT2D eigenvalue weighted by molar-refractivity contribution is 6.05. The van der Waals surface area contributed by atoms with Gasteiger partial charge in [0.2, 0.25) is 0 Å². The van der Waals surface area contributed by atoms with Gasteiger partial charge in [-0.15, -0.1) is 0 Å². The second-order valence-electron chi connectivity index (χ2n) is 6.60. The van der Waals surface area contributed by atoms with Gasteiger partial charge in [-0.05, 0) is 37.5 Å². The van der Waals surface area contributed by atoms with Crippen molar-refractivity contribution in [2.24, 2.45) is 7.05 Å². The number of carbonyl (C=O) groups is 1. The summed E-state index contributed by atoms with van der Waals surface area (Å²) in [5.74, 6) is -0.0141. The summed E-state index contributed by atoms with van der Waals surface area (Å²) in [5, 5.41) is 8.13. The minimum Gasteiger partial charge on any atom is -0.352 e. The van der Waals surface area contributed by atoms with E-state index < -0.39 is 0 Å². The fraction of sp³-hybridized carbons (Fsp3) is 0.381. The molecule has 0 bridgehead atoms. The van der Waals surface area contributed by atoms with Crippen molar-refractivity contribution in [3.8, 4) is 0 Å². The summed E-state index contributed by atoms with van der Waals surface area (Å²) in [4.78, 5) is 16.7. The highest BCUT2D eigenvalue weighted by Gasteiger charge is 2.09. The van der Waals surface area contributed by atoms with Gasteiger partial charge in [0.1, 0.15) is 0 Å². The quantitative estimate of drug-likeness (QED) is 0.596. The van der Waals surface area contributed by atoms with Crippen LogP contribution in [0.4, 0.5) is 0 Å². The molecule has 0 aliphatic rings. The van der Waals surface area contributed by atoms with Gasteiger partial charge in [0.05, 0.1) is 11.1 Å². The molecule has 0 aliphatic carbocycles. The Bertz CT molecular complexity index is 851. The maximum atomic E-state index is 12.4. The molecule has 3 aromatic rings. The summed E-state index contributed by atoms with van der Waals surface area (Å²) in [6, 6.07) is 11.6.